The van der Waals surface area contributed by atoms with Crippen molar-refractivity contribution in [2.75, 3.05) is 33.2 Å². The minimum Gasteiger partial charge on any atom is -0.361 e. The standard InChI is InChI=1S/C18H33N5O.HI/c1-4-16-15(17(5-2)24-22-16)14-21-18(19-3)20-10-6-7-11-23-12-8-9-13-23;/h4-14H2,1-3H3,(H2,19,20,21);1H. The highest BCUT2D eigenvalue weighted by atomic mass is 127. The van der Waals surface area contributed by atoms with E-state index in [1.165, 1.54) is 50.9 Å². The zero-order valence-electron chi connectivity index (χ0n) is 15.9. The van der Waals surface area contributed by atoms with E-state index in [1.54, 1.807) is 0 Å². The SMILES string of the molecule is CCc1noc(CC)c1CNC(=NC)NCCCCN1CCCC1.I. The second-order valence-corrected chi connectivity index (χ2v) is 6.35. The Kier molecular flexibility index (Phi) is 11.1. The fraction of sp³-hybridized carbons (Fsp3) is 0.778. The van der Waals surface area contributed by atoms with Gasteiger partial charge in [0.2, 0.25) is 0 Å². The molecule has 2 N–H and O–H groups in total. The number of hydrogen-bond acceptors (Lipinski definition) is 4. The first-order valence-electron chi connectivity index (χ1n) is 9.41. The van der Waals surface area contributed by atoms with Crippen molar-refractivity contribution in [3.63, 3.8) is 0 Å². The quantitative estimate of drug-likeness (QED) is 0.255. The molecule has 1 aromatic rings. The van der Waals surface area contributed by atoms with Crippen LogP contribution in [-0.4, -0.2) is 49.2 Å². The molecule has 0 amide bonds. The predicted molar refractivity (Wildman–Crippen MR) is 114 cm³/mol. The van der Waals surface area contributed by atoms with E-state index >= 15 is 0 Å². The normalized spacial score (nSPS) is 15.2. The van der Waals surface area contributed by atoms with Gasteiger partial charge in [0.25, 0.3) is 0 Å². The lowest BCUT2D eigenvalue weighted by Gasteiger charge is -2.15. The van der Waals surface area contributed by atoms with Gasteiger partial charge in [-0.1, -0.05) is 19.0 Å². The maximum atomic E-state index is 5.41. The van der Waals surface area contributed by atoms with Crippen molar-refractivity contribution in [1.82, 2.24) is 20.7 Å². The first kappa shape index (κ1) is 22.2. The molecule has 1 fully saturated rings. The maximum absolute atomic E-state index is 5.41. The number of nitrogens with one attached hydrogen (secondary N) is 2. The molecule has 1 aliphatic heterocycles. The molecule has 0 aromatic carbocycles. The zero-order chi connectivity index (χ0) is 17.2. The Balaban J connectivity index is 0.00000312. The van der Waals surface area contributed by atoms with Crippen molar-refractivity contribution >= 4 is 29.9 Å². The van der Waals surface area contributed by atoms with Crippen LogP contribution in [-0.2, 0) is 19.4 Å². The van der Waals surface area contributed by atoms with Crippen LogP contribution in [0.2, 0.25) is 0 Å². The van der Waals surface area contributed by atoms with Gasteiger partial charge in [0.1, 0.15) is 5.76 Å². The van der Waals surface area contributed by atoms with E-state index in [0.717, 1.165) is 36.8 Å². The zero-order valence-corrected chi connectivity index (χ0v) is 18.3. The Hall–Kier alpha value is -0.830. The first-order valence-corrected chi connectivity index (χ1v) is 9.41. The Morgan fingerprint density at radius 1 is 1.16 bits per heavy atom. The van der Waals surface area contributed by atoms with Gasteiger partial charge in [-0.3, -0.25) is 4.99 Å². The summed E-state index contributed by atoms with van der Waals surface area (Å²) in [6, 6.07) is 0. The van der Waals surface area contributed by atoms with Crippen LogP contribution in [0.15, 0.2) is 9.52 Å². The lowest BCUT2D eigenvalue weighted by Crippen LogP contribution is -2.37. The lowest BCUT2D eigenvalue weighted by atomic mass is 10.1. The third kappa shape index (κ3) is 7.13. The van der Waals surface area contributed by atoms with Gasteiger partial charge >= 0.3 is 0 Å². The molecule has 2 rings (SSSR count). The van der Waals surface area contributed by atoms with Crippen LogP contribution < -0.4 is 10.6 Å². The number of aromatic nitrogens is 1. The van der Waals surface area contributed by atoms with E-state index in [4.69, 9.17) is 4.52 Å². The van der Waals surface area contributed by atoms with E-state index in [2.05, 4.69) is 39.5 Å². The van der Waals surface area contributed by atoms with E-state index in [1.807, 2.05) is 7.05 Å². The smallest absolute Gasteiger partial charge is 0.191 e. The second-order valence-electron chi connectivity index (χ2n) is 6.35. The average molecular weight is 463 g/mol. The molecule has 1 saturated heterocycles. The number of aliphatic imine (C=N–C) groups is 1. The molecular formula is C18H34IN5O. The number of aryl methyl sites for hydroxylation is 2. The van der Waals surface area contributed by atoms with Gasteiger partial charge in [0, 0.05) is 32.1 Å². The van der Waals surface area contributed by atoms with Gasteiger partial charge in [-0.2, -0.15) is 0 Å². The van der Waals surface area contributed by atoms with Gasteiger partial charge in [-0.05, 0) is 51.7 Å². The highest BCUT2D eigenvalue weighted by Gasteiger charge is 2.13. The van der Waals surface area contributed by atoms with Crippen molar-refractivity contribution < 1.29 is 4.52 Å². The van der Waals surface area contributed by atoms with Gasteiger partial charge in [-0.15, -0.1) is 24.0 Å². The molecule has 0 aliphatic carbocycles. The van der Waals surface area contributed by atoms with Crippen molar-refractivity contribution in [1.29, 1.82) is 0 Å². The van der Waals surface area contributed by atoms with Gasteiger partial charge in [0.15, 0.2) is 5.96 Å². The van der Waals surface area contributed by atoms with Crippen LogP contribution in [0.25, 0.3) is 0 Å². The minimum absolute atomic E-state index is 0. The number of rotatable bonds is 9. The van der Waals surface area contributed by atoms with E-state index in [-0.39, 0.29) is 24.0 Å². The Morgan fingerprint density at radius 2 is 1.92 bits per heavy atom. The molecule has 0 atom stereocenters. The number of guanidine groups is 1. The van der Waals surface area contributed by atoms with Crippen LogP contribution >= 0.6 is 24.0 Å². The summed E-state index contributed by atoms with van der Waals surface area (Å²) in [5, 5.41) is 10.9. The van der Waals surface area contributed by atoms with Crippen molar-refractivity contribution in [2.45, 2.75) is 58.9 Å². The third-order valence-corrected chi connectivity index (χ3v) is 4.66. The molecule has 0 unspecified atom stereocenters. The summed E-state index contributed by atoms with van der Waals surface area (Å²) in [5.41, 5.74) is 2.22. The number of nitrogens with zero attached hydrogens (tertiary/aromatic N) is 3. The molecule has 144 valence electrons. The molecule has 1 aliphatic rings. The summed E-state index contributed by atoms with van der Waals surface area (Å²) in [7, 11) is 1.81. The summed E-state index contributed by atoms with van der Waals surface area (Å²) < 4.78 is 5.41. The Bertz CT molecular complexity index is 490. The topological polar surface area (TPSA) is 65.7 Å². The van der Waals surface area contributed by atoms with Crippen LogP contribution in [0, 0.1) is 0 Å². The number of hydrogen-bond donors (Lipinski definition) is 2. The van der Waals surface area contributed by atoms with Crippen LogP contribution in [0.5, 0.6) is 0 Å². The van der Waals surface area contributed by atoms with E-state index in [0.29, 0.717) is 6.54 Å². The van der Waals surface area contributed by atoms with Crippen molar-refractivity contribution in [3.05, 3.63) is 17.0 Å². The molecule has 7 heteroatoms. The highest BCUT2D eigenvalue weighted by molar-refractivity contribution is 14.0. The fourth-order valence-corrected chi connectivity index (χ4v) is 3.20. The van der Waals surface area contributed by atoms with E-state index < -0.39 is 0 Å². The first-order chi connectivity index (χ1) is 11.8. The number of likely N-dealkylation sites (tertiary alicyclic amines) is 1. The van der Waals surface area contributed by atoms with Crippen LogP contribution in [0.3, 0.4) is 0 Å². The van der Waals surface area contributed by atoms with Gasteiger partial charge in [0.05, 0.1) is 5.69 Å². The van der Waals surface area contributed by atoms with Crippen molar-refractivity contribution in [2.24, 2.45) is 4.99 Å². The lowest BCUT2D eigenvalue weighted by molar-refractivity contribution is 0.330. The largest absolute Gasteiger partial charge is 0.361 e. The Morgan fingerprint density at radius 3 is 2.56 bits per heavy atom. The van der Waals surface area contributed by atoms with Crippen LogP contribution in [0.1, 0.15) is 56.5 Å². The average Bonchev–Trinajstić information content (AvgIpc) is 3.26. The molecular weight excluding hydrogens is 429 g/mol. The summed E-state index contributed by atoms with van der Waals surface area (Å²) in [5.74, 6) is 1.82. The van der Waals surface area contributed by atoms with Gasteiger partial charge in [-0.25, -0.2) is 0 Å². The summed E-state index contributed by atoms with van der Waals surface area (Å²) in [6.45, 7) is 9.67. The van der Waals surface area contributed by atoms with Crippen LogP contribution in [0.4, 0.5) is 0 Å². The molecule has 6 nitrogen and oxygen atoms in total. The van der Waals surface area contributed by atoms with E-state index in [9.17, 15) is 0 Å². The number of unbranched alkanes of at least 4 members (excludes halogenated alkanes) is 1. The number of halogens is 1. The molecule has 0 spiro atoms. The molecule has 0 radical (unpaired) electrons. The molecule has 25 heavy (non-hydrogen) atoms. The second kappa shape index (κ2) is 12.5. The summed E-state index contributed by atoms with van der Waals surface area (Å²) in [4.78, 5) is 6.87. The summed E-state index contributed by atoms with van der Waals surface area (Å²) >= 11 is 0. The third-order valence-electron chi connectivity index (χ3n) is 4.66. The minimum atomic E-state index is 0. The predicted octanol–water partition coefficient (Wildman–Crippen LogP) is 2.96. The molecule has 1 aromatic heterocycles. The molecule has 0 bridgehead atoms. The van der Waals surface area contributed by atoms with Crippen molar-refractivity contribution in [3.8, 4) is 0 Å². The Labute approximate surface area is 169 Å². The monoisotopic (exact) mass is 463 g/mol. The fourth-order valence-electron chi connectivity index (χ4n) is 3.20. The highest BCUT2D eigenvalue weighted by Crippen LogP contribution is 2.15. The molecule has 0 saturated carbocycles. The summed E-state index contributed by atoms with van der Waals surface area (Å²) in [6.07, 6.45) is 6.92. The molecule has 2 heterocycles. The maximum Gasteiger partial charge on any atom is 0.191 e. The van der Waals surface area contributed by atoms with Gasteiger partial charge < -0.3 is 20.1 Å².